The Morgan fingerprint density at radius 2 is 1.50 bits per heavy atom. The minimum Gasteiger partial charge on any atom is -0.0620 e. The second-order valence-electron chi connectivity index (χ2n) is 2.37. The zero-order chi connectivity index (χ0) is 6.69. The molecule has 2 heteroatoms. The third kappa shape index (κ3) is 2.91. The molecule has 0 N–H and O–H groups in total. The van der Waals surface area contributed by atoms with Gasteiger partial charge in [-0.15, -0.1) is 0 Å². The third-order valence-corrected chi connectivity index (χ3v) is 2.84. The van der Waals surface area contributed by atoms with Crippen LogP contribution < -0.4 is 5.30 Å². The van der Waals surface area contributed by atoms with Gasteiger partial charge >= 0.3 is 0 Å². The van der Waals surface area contributed by atoms with Crippen molar-refractivity contribution >= 4 is 13.2 Å². The Balaban J connectivity index is 0.000000810. The zero-order valence-electron chi connectivity index (χ0n) is 6.24. The van der Waals surface area contributed by atoms with Crippen LogP contribution in [0.15, 0.2) is 30.3 Å². The molecule has 0 saturated heterocycles. The van der Waals surface area contributed by atoms with Crippen molar-refractivity contribution in [2.24, 2.45) is 0 Å². The number of benzene rings is 1. The average molecular weight is 329 g/mol. The van der Waals surface area contributed by atoms with E-state index in [1.54, 1.807) is 0 Å². The van der Waals surface area contributed by atoms with Crippen LogP contribution >= 0.6 is 7.92 Å². The molecule has 0 aliphatic carbocycles. The molecule has 0 spiro atoms. The molecule has 56 valence electrons. The summed E-state index contributed by atoms with van der Waals surface area (Å²) in [6, 6.07) is 10.7. The van der Waals surface area contributed by atoms with E-state index in [0.29, 0.717) is 0 Å². The molecule has 0 bridgehead atoms. The zero-order valence-corrected chi connectivity index (χ0v) is 9.78. The Hall–Kier alpha value is 0.286. The van der Waals surface area contributed by atoms with E-state index in [1.807, 2.05) is 0 Å². The summed E-state index contributed by atoms with van der Waals surface area (Å²) < 4.78 is 0. The van der Waals surface area contributed by atoms with Crippen molar-refractivity contribution in [2.45, 2.75) is 0 Å². The molecule has 1 aromatic rings. The molecule has 1 aromatic carbocycles. The summed E-state index contributed by atoms with van der Waals surface area (Å²) in [5.41, 5.74) is 0. The fourth-order valence-corrected chi connectivity index (χ4v) is 1.63. The Kier molecular flexibility index (Phi) is 5.15. The van der Waals surface area contributed by atoms with Crippen molar-refractivity contribution in [3.05, 3.63) is 30.3 Å². The van der Waals surface area contributed by atoms with Gasteiger partial charge in [0.25, 0.3) is 0 Å². The van der Waals surface area contributed by atoms with Crippen LogP contribution in [0, 0.1) is 0 Å². The number of hydrogen-bond acceptors (Lipinski definition) is 0. The van der Waals surface area contributed by atoms with Gasteiger partial charge in [-0.1, -0.05) is 18.2 Å². The van der Waals surface area contributed by atoms with E-state index in [2.05, 4.69) is 43.7 Å². The summed E-state index contributed by atoms with van der Waals surface area (Å²) in [5, 5.41) is 1.52. The fourth-order valence-electron chi connectivity index (χ4n) is 0.771. The molecule has 0 saturated carbocycles. The van der Waals surface area contributed by atoms with E-state index >= 15 is 0 Å². The number of rotatable bonds is 1. The summed E-state index contributed by atoms with van der Waals surface area (Å²) in [7, 11) is -0.212. The molecule has 0 fully saturated rings. The van der Waals surface area contributed by atoms with Crippen LogP contribution in [0.25, 0.3) is 0 Å². The van der Waals surface area contributed by atoms with Crippen LogP contribution in [-0.2, 0) is 19.8 Å². The third-order valence-electron chi connectivity index (χ3n) is 1.35. The maximum absolute atomic E-state index is 2.31. The van der Waals surface area contributed by atoms with Crippen LogP contribution in [0.2, 0.25) is 0 Å². The second kappa shape index (κ2) is 5.01. The summed E-state index contributed by atoms with van der Waals surface area (Å²) in [6.07, 6.45) is 0. The van der Waals surface area contributed by atoms with Gasteiger partial charge in [-0.2, -0.15) is 0 Å². The van der Waals surface area contributed by atoms with Gasteiger partial charge in [0.1, 0.15) is 0 Å². The Labute approximate surface area is 76.8 Å². The Bertz CT molecular complexity index is 172. The molecule has 0 atom stereocenters. The van der Waals surface area contributed by atoms with Gasteiger partial charge in [0.2, 0.25) is 0 Å². The smallest absolute Gasteiger partial charge is 0.0620 e. The first-order chi connectivity index (χ1) is 4.30. The minimum atomic E-state index is -0.212. The Morgan fingerprint density at radius 1 is 1.00 bits per heavy atom. The van der Waals surface area contributed by atoms with Crippen molar-refractivity contribution in [2.75, 3.05) is 13.3 Å². The summed E-state index contributed by atoms with van der Waals surface area (Å²) in [5.74, 6) is 0. The van der Waals surface area contributed by atoms with Crippen LogP contribution in [-0.4, -0.2) is 13.3 Å². The molecule has 0 amide bonds. The topological polar surface area (TPSA) is 0 Å². The van der Waals surface area contributed by atoms with E-state index in [1.165, 1.54) is 5.30 Å². The van der Waals surface area contributed by atoms with Gasteiger partial charge in [-0.3, -0.25) is 0 Å². The van der Waals surface area contributed by atoms with Crippen molar-refractivity contribution in [3.8, 4) is 0 Å². The van der Waals surface area contributed by atoms with Gasteiger partial charge in [-0.25, -0.2) is 0 Å². The van der Waals surface area contributed by atoms with E-state index in [4.69, 9.17) is 0 Å². The average Bonchev–Trinajstić information content (AvgIpc) is 1.90. The maximum atomic E-state index is 2.31. The molecule has 1 rings (SSSR count). The molecule has 0 aliphatic heterocycles. The van der Waals surface area contributed by atoms with Gasteiger partial charge in [0.15, 0.2) is 0 Å². The first kappa shape index (κ1) is 10.3. The molecule has 0 aromatic heterocycles. The predicted molar refractivity (Wildman–Crippen MR) is 46.2 cm³/mol. The summed E-state index contributed by atoms with van der Waals surface area (Å²) in [6.45, 7) is 4.61. The monoisotopic (exact) mass is 331 g/mol. The summed E-state index contributed by atoms with van der Waals surface area (Å²) >= 11 is 0. The SMILES string of the molecule is C[PH+](C)c1ccccc1.[Os]. The first-order valence-corrected chi connectivity index (χ1v) is 5.66. The fraction of sp³-hybridized carbons (Fsp3) is 0.250. The second-order valence-corrected chi connectivity index (χ2v) is 4.94. The molecule has 0 unspecified atom stereocenters. The molecular formula is C8H12OsP+. The molecule has 0 heterocycles. The molecule has 0 nitrogen and oxygen atoms in total. The minimum absolute atomic E-state index is 0. The normalized spacial score (nSPS) is 9.10. The first-order valence-electron chi connectivity index (χ1n) is 3.16. The van der Waals surface area contributed by atoms with Crippen molar-refractivity contribution < 1.29 is 19.8 Å². The van der Waals surface area contributed by atoms with E-state index < -0.39 is 0 Å². The number of hydrogen-bond donors (Lipinski definition) is 0. The molecule has 0 radical (unpaired) electrons. The van der Waals surface area contributed by atoms with Crippen LogP contribution in [0.4, 0.5) is 0 Å². The maximum Gasteiger partial charge on any atom is 0.0908 e. The van der Waals surface area contributed by atoms with Crippen molar-refractivity contribution in [1.29, 1.82) is 0 Å². The van der Waals surface area contributed by atoms with Crippen molar-refractivity contribution in [1.82, 2.24) is 0 Å². The van der Waals surface area contributed by atoms with Gasteiger partial charge < -0.3 is 0 Å². The van der Waals surface area contributed by atoms with Gasteiger partial charge in [0, 0.05) is 27.7 Å². The summed E-state index contributed by atoms with van der Waals surface area (Å²) in [4.78, 5) is 0. The van der Waals surface area contributed by atoms with Crippen LogP contribution in [0.5, 0.6) is 0 Å². The quantitative estimate of drug-likeness (QED) is 0.689. The van der Waals surface area contributed by atoms with Crippen LogP contribution in [0.1, 0.15) is 0 Å². The van der Waals surface area contributed by atoms with Gasteiger partial charge in [0.05, 0.1) is 18.6 Å². The molecule has 10 heavy (non-hydrogen) atoms. The van der Waals surface area contributed by atoms with E-state index in [0.717, 1.165) is 0 Å². The van der Waals surface area contributed by atoms with Crippen LogP contribution in [0.3, 0.4) is 0 Å². The standard InChI is InChI=1S/C8H11P.Os/c1-9(2)8-6-4-3-5-7-8;/h3-7H,1-2H3;/p+1. The van der Waals surface area contributed by atoms with Crippen molar-refractivity contribution in [3.63, 3.8) is 0 Å². The predicted octanol–water partition coefficient (Wildman–Crippen LogP) is 1.78. The van der Waals surface area contributed by atoms with E-state index in [-0.39, 0.29) is 27.7 Å². The Morgan fingerprint density at radius 3 is 1.80 bits per heavy atom. The van der Waals surface area contributed by atoms with Gasteiger partial charge in [-0.05, 0) is 12.1 Å². The largest absolute Gasteiger partial charge is 0.0908 e. The molecular weight excluding hydrogens is 317 g/mol. The molecule has 0 aliphatic rings. The van der Waals surface area contributed by atoms with E-state index in [9.17, 15) is 0 Å².